The maximum Gasteiger partial charge on any atom is 0.119 e. The van der Waals surface area contributed by atoms with Crippen molar-refractivity contribution in [2.24, 2.45) is 0 Å². The van der Waals surface area contributed by atoms with Crippen LogP contribution >= 0.6 is 0 Å². The van der Waals surface area contributed by atoms with Gasteiger partial charge in [-0.25, -0.2) is 0 Å². The maximum atomic E-state index is 9.28. The van der Waals surface area contributed by atoms with Gasteiger partial charge < -0.3 is 4.74 Å². The number of rotatable bonds is 10. The lowest BCUT2D eigenvalue weighted by Gasteiger charge is -2.39. The zero-order chi connectivity index (χ0) is 22.8. The second-order valence-electron chi connectivity index (χ2n) is 8.56. The standard InChI is InChI=1S/C27H34N4O/c1-3-4-5-6-27(24-9-10-25(21-29)22(2)19-24)31-15-13-30(14-16-31)17-18-32-26-11-7-23(20-28)8-12-26/h7-12,19,27H,3-6,13-18H2,1-2H3. The van der Waals surface area contributed by atoms with E-state index < -0.39 is 0 Å². The molecule has 1 atom stereocenters. The van der Waals surface area contributed by atoms with Crippen LogP contribution in [0.3, 0.4) is 0 Å². The van der Waals surface area contributed by atoms with Crippen molar-refractivity contribution in [1.29, 1.82) is 10.5 Å². The highest BCUT2D eigenvalue weighted by molar-refractivity contribution is 5.40. The Hall–Kier alpha value is -2.86. The van der Waals surface area contributed by atoms with Gasteiger partial charge >= 0.3 is 0 Å². The highest BCUT2D eigenvalue weighted by Crippen LogP contribution is 2.29. The third kappa shape index (κ3) is 6.57. The molecule has 168 valence electrons. The summed E-state index contributed by atoms with van der Waals surface area (Å²) in [6.07, 6.45) is 4.89. The summed E-state index contributed by atoms with van der Waals surface area (Å²) in [5, 5.41) is 18.2. The highest BCUT2D eigenvalue weighted by Gasteiger charge is 2.25. The molecule has 5 nitrogen and oxygen atoms in total. The smallest absolute Gasteiger partial charge is 0.119 e. The number of nitrogens with zero attached hydrogens (tertiary/aromatic N) is 4. The van der Waals surface area contributed by atoms with Gasteiger partial charge in [0.25, 0.3) is 0 Å². The van der Waals surface area contributed by atoms with Gasteiger partial charge in [0.1, 0.15) is 12.4 Å². The summed E-state index contributed by atoms with van der Waals surface area (Å²) in [6, 6.07) is 18.5. The number of ether oxygens (including phenoxy) is 1. The van der Waals surface area contributed by atoms with Crippen molar-refractivity contribution in [1.82, 2.24) is 9.80 Å². The summed E-state index contributed by atoms with van der Waals surface area (Å²) in [6.45, 7) is 10.0. The monoisotopic (exact) mass is 430 g/mol. The maximum absolute atomic E-state index is 9.28. The van der Waals surface area contributed by atoms with Crippen molar-refractivity contribution in [3.63, 3.8) is 0 Å². The second kappa shape index (κ2) is 12.2. The molecule has 0 N–H and O–H groups in total. The normalized spacial score (nSPS) is 15.6. The van der Waals surface area contributed by atoms with Crippen LogP contribution in [0.4, 0.5) is 0 Å². The van der Waals surface area contributed by atoms with Gasteiger partial charge in [0.15, 0.2) is 0 Å². The average Bonchev–Trinajstić information content (AvgIpc) is 2.83. The van der Waals surface area contributed by atoms with Gasteiger partial charge in [0.05, 0.1) is 23.3 Å². The van der Waals surface area contributed by atoms with E-state index in [4.69, 9.17) is 10.00 Å². The molecule has 2 aromatic rings. The average molecular weight is 431 g/mol. The molecule has 3 rings (SSSR count). The zero-order valence-corrected chi connectivity index (χ0v) is 19.4. The first-order chi connectivity index (χ1) is 15.6. The van der Waals surface area contributed by atoms with Crippen molar-refractivity contribution >= 4 is 0 Å². The number of benzene rings is 2. The number of hydrogen-bond donors (Lipinski definition) is 0. The van der Waals surface area contributed by atoms with Crippen molar-refractivity contribution in [2.45, 2.75) is 45.6 Å². The first-order valence-electron chi connectivity index (χ1n) is 11.7. The van der Waals surface area contributed by atoms with E-state index in [1.54, 1.807) is 12.1 Å². The highest BCUT2D eigenvalue weighted by atomic mass is 16.5. The summed E-state index contributed by atoms with van der Waals surface area (Å²) in [4.78, 5) is 5.09. The minimum Gasteiger partial charge on any atom is -0.492 e. The Balaban J connectivity index is 1.53. The van der Waals surface area contributed by atoms with Crippen LogP contribution in [0.1, 0.15) is 60.9 Å². The van der Waals surface area contributed by atoms with Gasteiger partial charge in [-0.05, 0) is 54.8 Å². The van der Waals surface area contributed by atoms with E-state index in [2.05, 4.69) is 41.0 Å². The van der Waals surface area contributed by atoms with E-state index in [1.807, 2.05) is 25.1 Å². The molecule has 1 unspecified atom stereocenters. The Bertz CT molecular complexity index is 934. The van der Waals surface area contributed by atoms with Gasteiger partial charge in [-0.1, -0.05) is 38.3 Å². The molecule has 0 amide bonds. The van der Waals surface area contributed by atoms with E-state index in [0.717, 1.165) is 49.6 Å². The molecule has 1 aliphatic rings. The third-order valence-electron chi connectivity index (χ3n) is 6.34. The Morgan fingerprint density at radius 1 is 0.969 bits per heavy atom. The fraction of sp³-hybridized carbons (Fsp3) is 0.481. The molecule has 0 aromatic heterocycles. The lowest BCUT2D eigenvalue weighted by Crippen LogP contribution is -2.48. The molecular formula is C27H34N4O. The molecule has 1 saturated heterocycles. The van der Waals surface area contributed by atoms with Crippen LogP contribution in [0.5, 0.6) is 5.75 Å². The van der Waals surface area contributed by atoms with Crippen LogP contribution in [0.2, 0.25) is 0 Å². The molecule has 32 heavy (non-hydrogen) atoms. The predicted molar refractivity (Wildman–Crippen MR) is 127 cm³/mol. The minimum absolute atomic E-state index is 0.421. The molecule has 1 fully saturated rings. The first-order valence-corrected chi connectivity index (χ1v) is 11.7. The van der Waals surface area contributed by atoms with Crippen molar-refractivity contribution in [3.05, 3.63) is 64.7 Å². The molecule has 0 saturated carbocycles. The predicted octanol–water partition coefficient (Wildman–Crippen LogP) is 5.06. The Kier molecular flexibility index (Phi) is 9.11. The summed E-state index contributed by atoms with van der Waals surface area (Å²) in [5.41, 5.74) is 3.84. The van der Waals surface area contributed by atoms with Gasteiger partial charge in [0.2, 0.25) is 0 Å². The number of aryl methyl sites for hydroxylation is 1. The number of nitriles is 2. The lowest BCUT2D eigenvalue weighted by molar-refractivity contribution is 0.0817. The van der Waals surface area contributed by atoms with Crippen molar-refractivity contribution < 1.29 is 4.74 Å². The summed E-state index contributed by atoms with van der Waals surface area (Å²) in [7, 11) is 0. The molecule has 2 aromatic carbocycles. The molecule has 1 aliphatic heterocycles. The SMILES string of the molecule is CCCCCC(c1ccc(C#N)c(C)c1)N1CCN(CCOc2ccc(C#N)cc2)CC1. The van der Waals surface area contributed by atoms with Crippen LogP contribution in [0, 0.1) is 29.6 Å². The summed E-state index contributed by atoms with van der Waals surface area (Å²) in [5.74, 6) is 0.815. The largest absolute Gasteiger partial charge is 0.492 e. The number of unbranched alkanes of at least 4 members (excludes halogenated alkanes) is 2. The fourth-order valence-electron chi connectivity index (χ4n) is 4.38. The Morgan fingerprint density at radius 3 is 2.34 bits per heavy atom. The topological polar surface area (TPSA) is 63.3 Å². The third-order valence-corrected chi connectivity index (χ3v) is 6.34. The number of hydrogen-bond acceptors (Lipinski definition) is 5. The summed E-state index contributed by atoms with van der Waals surface area (Å²) < 4.78 is 5.86. The molecule has 0 bridgehead atoms. The van der Waals surface area contributed by atoms with Crippen LogP contribution in [-0.2, 0) is 0 Å². The quantitative estimate of drug-likeness (QED) is 0.493. The van der Waals surface area contributed by atoms with Crippen LogP contribution < -0.4 is 4.74 Å². The van der Waals surface area contributed by atoms with Gasteiger partial charge in [0, 0.05) is 38.8 Å². The van der Waals surface area contributed by atoms with E-state index in [9.17, 15) is 5.26 Å². The molecule has 0 radical (unpaired) electrons. The van der Waals surface area contributed by atoms with Crippen LogP contribution in [0.25, 0.3) is 0 Å². The Labute approximate surface area is 192 Å². The van der Waals surface area contributed by atoms with Gasteiger partial charge in [-0.2, -0.15) is 10.5 Å². The minimum atomic E-state index is 0.421. The fourth-order valence-corrected chi connectivity index (χ4v) is 4.38. The number of piperazine rings is 1. The molecular weight excluding hydrogens is 396 g/mol. The van der Waals surface area contributed by atoms with Crippen LogP contribution in [0.15, 0.2) is 42.5 Å². The second-order valence-corrected chi connectivity index (χ2v) is 8.56. The summed E-state index contributed by atoms with van der Waals surface area (Å²) >= 11 is 0. The van der Waals surface area contributed by atoms with Gasteiger partial charge in [-0.15, -0.1) is 0 Å². The molecule has 0 spiro atoms. The van der Waals surface area contributed by atoms with E-state index in [-0.39, 0.29) is 0 Å². The van der Waals surface area contributed by atoms with Crippen LogP contribution in [-0.4, -0.2) is 49.1 Å². The van der Waals surface area contributed by atoms with Gasteiger partial charge in [-0.3, -0.25) is 9.80 Å². The van der Waals surface area contributed by atoms with Crippen molar-refractivity contribution in [2.75, 3.05) is 39.3 Å². The molecule has 0 aliphatic carbocycles. The van der Waals surface area contributed by atoms with E-state index in [0.29, 0.717) is 18.2 Å². The Morgan fingerprint density at radius 2 is 1.72 bits per heavy atom. The first kappa shape index (κ1) is 23.8. The van der Waals surface area contributed by atoms with E-state index in [1.165, 1.54) is 31.2 Å². The zero-order valence-electron chi connectivity index (χ0n) is 19.4. The lowest BCUT2D eigenvalue weighted by atomic mass is 9.95. The van der Waals surface area contributed by atoms with Crippen molar-refractivity contribution in [3.8, 4) is 17.9 Å². The molecule has 5 heteroatoms. The molecule has 1 heterocycles. The van der Waals surface area contributed by atoms with E-state index >= 15 is 0 Å².